The van der Waals surface area contributed by atoms with Crippen molar-refractivity contribution in [2.45, 2.75) is 26.8 Å². The average Bonchev–Trinajstić information content (AvgIpc) is 3.36. The number of aromatic nitrogens is 1. The molecule has 1 N–H and O–H groups in total. The number of amides is 2. The Morgan fingerprint density at radius 1 is 1.24 bits per heavy atom. The molecule has 152 valence electrons. The highest BCUT2D eigenvalue weighted by Crippen LogP contribution is 2.26. The van der Waals surface area contributed by atoms with Crippen molar-refractivity contribution < 1.29 is 14.0 Å². The molecule has 0 saturated carbocycles. The number of rotatable bonds is 8. The van der Waals surface area contributed by atoms with Gasteiger partial charge in [0.25, 0.3) is 0 Å². The quantitative estimate of drug-likeness (QED) is 0.583. The topological polar surface area (TPSA) is 75.4 Å². The molecule has 0 aliphatic rings. The van der Waals surface area contributed by atoms with E-state index < -0.39 is 0 Å². The van der Waals surface area contributed by atoms with Crippen LogP contribution < -0.4 is 5.32 Å². The van der Waals surface area contributed by atoms with Crippen LogP contribution in [0.4, 0.5) is 0 Å². The first kappa shape index (κ1) is 21.1. The van der Waals surface area contributed by atoms with Gasteiger partial charge in [-0.15, -0.1) is 11.3 Å². The van der Waals surface area contributed by atoms with Gasteiger partial charge in [0, 0.05) is 18.1 Å². The number of carbonyl (C=O) groups excluding carboxylic acids is 2. The number of nitrogens with zero attached hydrogens (tertiary/aromatic N) is 2. The number of thiophene rings is 1. The Bertz CT molecular complexity index is 968. The average molecular weight is 432 g/mol. The molecule has 2 heterocycles. The van der Waals surface area contributed by atoms with Crippen molar-refractivity contribution in [2.24, 2.45) is 0 Å². The number of hydrogen-bond acceptors (Lipinski definition) is 5. The Hall–Kier alpha value is -2.64. The van der Waals surface area contributed by atoms with Gasteiger partial charge >= 0.3 is 0 Å². The third kappa shape index (κ3) is 5.68. The van der Waals surface area contributed by atoms with Crippen molar-refractivity contribution in [2.75, 3.05) is 13.1 Å². The molecule has 0 spiro atoms. The van der Waals surface area contributed by atoms with Gasteiger partial charge in [0.1, 0.15) is 5.76 Å². The van der Waals surface area contributed by atoms with Crippen LogP contribution in [0.2, 0.25) is 5.02 Å². The zero-order valence-electron chi connectivity index (χ0n) is 16.3. The molecule has 2 amide bonds. The molecule has 2 aromatic heterocycles. The van der Waals surface area contributed by atoms with E-state index in [0.717, 1.165) is 10.4 Å². The predicted molar refractivity (Wildman–Crippen MR) is 114 cm³/mol. The minimum absolute atomic E-state index is 0.00238. The minimum atomic E-state index is -0.216. The summed E-state index contributed by atoms with van der Waals surface area (Å²) in [4.78, 5) is 31.8. The highest BCUT2D eigenvalue weighted by molar-refractivity contribution is 7.13. The monoisotopic (exact) mass is 431 g/mol. The SMILES string of the molecule is CCN(CC(=O)NCc1ccc(Cl)cc1)C(=O)Cc1nc(-c2cccs2)oc1C. The van der Waals surface area contributed by atoms with Crippen LogP contribution in [-0.4, -0.2) is 34.8 Å². The van der Waals surface area contributed by atoms with Crippen molar-refractivity contribution in [3.8, 4) is 10.8 Å². The van der Waals surface area contributed by atoms with Gasteiger partial charge < -0.3 is 14.6 Å². The molecule has 0 atom stereocenters. The number of aryl methyl sites for hydroxylation is 1. The van der Waals surface area contributed by atoms with E-state index in [1.807, 2.05) is 36.6 Å². The number of benzene rings is 1. The molecule has 0 aliphatic carbocycles. The molecular weight excluding hydrogens is 410 g/mol. The van der Waals surface area contributed by atoms with Crippen LogP contribution in [-0.2, 0) is 22.6 Å². The summed E-state index contributed by atoms with van der Waals surface area (Å²) in [5.41, 5.74) is 1.54. The molecule has 0 aliphatic heterocycles. The van der Waals surface area contributed by atoms with Crippen LogP contribution in [0.25, 0.3) is 10.8 Å². The van der Waals surface area contributed by atoms with Crippen LogP contribution in [0.15, 0.2) is 46.2 Å². The Kier molecular flexibility index (Phi) is 7.06. The van der Waals surface area contributed by atoms with Gasteiger partial charge in [-0.25, -0.2) is 4.98 Å². The lowest BCUT2D eigenvalue weighted by atomic mass is 10.2. The summed E-state index contributed by atoms with van der Waals surface area (Å²) >= 11 is 7.39. The minimum Gasteiger partial charge on any atom is -0.440 e. The molecule has 0 radical (unpaired) electrons. The van der Waals surface area contributed by atoms with E-state index in [-0.39, 0.29) is 24.8 Å². The van der Waals surface area contributed by atoms with Crippen LogP contribution in [0.5, 0.6) is 0 Å². The highest BCUT2D eigenvalue weighted by Gasteiger charge is 2.20. The summed E-state index contributed by atoms with van der Waals surface area (Å²) in [7, 11) is 0. The lowest BCUT2D eigenvalue weighted by Gasteiger charge is -2.20. The van der Waals surface area contributed by atoms with E-state index in [0.29, 0.717) is 35.5 Å². The molecule has 29 heavy (non-hydrogen) atoms. The van der Waals surface area contributed by atoms with Crippen molar-refractivity contribution in [1.29, 1.82) is 0 Å². The fourth-order valence-electron chi connectivity index (χ4n) is 2.76. The van der Waals surface area contributed by atoms with E-state index in [2.05, 4.69) is 10.3 Å². The Labute approximate surface area is 178 Å². The Balaban J connectivity index is 1.56. The normalized spacial score (nSPS) is 10.7. The number of halogens is 1. The van der Waals surface area contributed by atoms with Gasteiger partial charge in [0.15, 0.2) is 0 Å². The number of carbonyl (C=O) groups is 2. The molecule has 0 bridgehead atoms. The second-order valence-corrected chi connectivity index (χ2v) is 7.87. The second-order valence-electron chi connectivity index (χ2n) is 6.49. The van der Waals surface area contributed by atoms with Crippen molar-refractivity contribution in [1.82, 2.24) is 15.2 Å². The number of oxazole rings is 1. The summed E-state index contributed by atoms with van der Waals surface area (Å²) < 4.78 is 5.69. The zero-order valence-corrected chi connectivity index (χ0v) is 17.8. The van der Waals surface area contributed by atoms with Crippen LogP contribution in [0.3, 0.4) is 0 Å². The van der Waals surface area contributed by atoms with Crippen molar-refractivity contribution in [3.63, 3.8) is 0 Å². The molecule has 1 aromatic carbocycles. The summed E-state index contributed by atoms with van der Waals surface area (Å²) in [6.45, 7) is 4.45. The van der Waals surface area contributed by atoms with Crippen LogP contribution in [0, 0.1) is 6.92 Å². The van der Waals surface area contributed by atoms with Crippen molar-refractivity contribution in [3.05, 3.63) is 63.8 Å². The largest absolute Gasteiger partial charge is 0.440 e. The van der Waals surface area contributed by atoms with E-state index in [9.17, 15) is 9.59 Å². The Morgan fingerprint density at radius 3 is 2.66 bits per heavy atom. The standard InChI is InChI=1S/C21H22ClN3O3S/c1-3-25(13-19(26)23-12-15-6-8-16(22)9-7-15)20(27)11-17-14(2)28-21(24-17)18-5-4-10-29-18/h4-10H,3,11-13H2,1-2H3,(H,23,26). The molecule has 0 unspecified atom stereocenters. The first-order chi connectivity index (χ1) is 14.0. The molecule has 8 heteroatoms. The van der Waals surface area contributed by atoms with Crippen LogP contribution >= 0.6 is 22.9 Å². The summed E-state index contributed by atoms with van der Waals surface area (Å²) in [5, 5.41) is 5.42. The zero-order chi connectivity index (χ0) is 20.8. The van der Waals surface area contributed by atoms with Gasteiger partial charge in [-0.05, 0) is 43.0 Å². The van der Waals surface area contributed by atoms with E-state index in [4.69, 9.17) is 16.0 Å². The summed E-state index contributed by atoms with van der Waals surface area (Å²) in [5.74, 6) is 0.753. The Morgan fingerprint density at radius 2 is 2.00 bits per heavy atom. The molecule has 0 fully saturated rings. The van der Waals surface area contributed by atoms with E-state index in [1.54, 1.807) is 19.1 Å². The summed E-state index contributed by atoms with van der Waals surface area (Å²) in [6, 6.07) is 11.1. The maximum absolute atomic E-state index is 12.7. The third-order valence-corrected chi connectivity index (χ3v) is 5.52. The number of hydrogen-bond donors (Lipinski definition) is 1. The maximum Gasteiger partial charge on any atom is 0.239 e. The fraction of sp³-hybridized carbons (Fsp3) is 0.286. The molecule has 3 rings (SSSR count). The lowest BCUT2D eigenvalue weighted by molar-refractivity contribution is -0.135. The molecule has 6 nitrogen and oxygen atoms in total. The van der Waals surface area contributed by atoms with Gasteiger partial charge in [-0.1, -0.05) is 29.8 Å². The number of nitrogens with one attached hydrogen (secondary N) is 1. The lowest BCUT2D eigenvalue weighted by Crippen LogP contribution is -2.41. The van der Waals surface area contributed by atoms with E-state index in [1.165, 1.54) is 16.2 Å². The van der Waals surface area contributed by atoms with Gasteiger partial charge in [-0.3, -0.25) is 9.59 Å². The third-order valence-electron chi connectivity index (χ3n) is 4.42. The molecular formula is C21H22ClN3O3S. The van der Waals surface area contributed by atoms with Crippen LogP contribution in [0.1, 0.15) is 23.9 Å². The fourth-order valence-corrected chi connectivity index (χ4v) is 3.54. The van der Waals surface area contributed by atoms with Gasteiger partial charge in [0.05, 0.1) is 23.5 Å². The van der Waals surface area contributed by atoms with E-state index >= 15 is 0 Å². The van der Waals surface area contributed by atoms with Gasteiger partial charge in [0.2, 0.25) is 17.7 Å². The first-order valence-electron chi connectivity index (χ1n) is 9.25. The van der Waals surface area contributed by atoms with Crippen molar-refractivity contribution >= 4 is 34.8 Å². The smallest absolute Gasteiger partial charge is 0.239 e. The molecule has 0 saturated heterocycles. The van der Waals surface area contributed by atoms with Gasteiger partial charge in [-0.2, -0.15) is 0 Å². The first-order valence-corrected chi connectivity index (χ1v) is 10.5. The summed E-state index contributed by atoms with van der Waals surface area (Å²) in [6.07, 6.45) is 0.0962. The highest BCUT2D eigenvalue weighted by atomic mass is 35.5. The second kappa shape index (κ2) is 9.71. The predicted octanol–water partition coefficient (Wildman–Crippen LogP) is 4.07. The maximum atomic E-state index is 12.7. The number of likely N-dealkylation sites (N-methyl/N-ethyl adjacent to an activating group) is 1. The molecule has 3 aromatic rings.